The van der Waals surface area contributed by atoms with Gasteiger partial charge in [-0.05, 0) is 68.6 Å². The fourth-order valence-electron chi connectivity index (χ4n) is 5.53. The quantitative estimate of drug-likeness (QED) is 0.830. The molecule has 2 N–H and O–H groups in total. The smallest absolute Gasteiger partial charge is 0.308 e. The van der Waals surface area contributed by atoms with Gasteiger partial charge in [0.25, 0.3) is 0 Å². The highest BCUT2D eigenvalue weighted by Crippen LogP contribution is 2.49. The predicted octanol–water partition coefficient (Wildman–Crippen LogP) is 3.04. The molecule has 0 aromatic rings. The van der Waals surface area contributed by atoms with Crippen molar-refractivity contribution in [3.63, 3.8) is 0 Å². The second kappa shape index (κ2) is 5.01. The molecule has 2 bridgehead atoms. The molecule has 0 aromatic heterocycles. The van der Waals surface area contributed by atoms with E-state index < -0.39 is 5.97 Å². The minimum atomic E-state index is -0.552. The highest BCUT2D eigenvalue weighted by atomic mass is 16.4. The van der Waals surface area contributed by atoms with Gasteiger partial charge in [0.15, 0.2) is 0 Å². The van der Waals surface area contributed by atoms with Gasteiger partial charge in [-0.25, -0.2) is 0 Å². The first-order valence-electron chi connectivity index (χ1n) is 8.71. The van der Waals surface area contributed by atoms with Crippen LogP contribution in [0.2, 0.25) is 0 Å². The maximum absolute atomic E-state index is 11.6. The fourth-order valence-corrected chi connectivity index (χ4v) is 5.53. The van der Waals surface area contributed by atoms with E-state index in [-0.39, 0.29) is 12.0 Å². The third-order valence-corrected chi connectivity index (χ3v) is 6.63. The Morgan fingerprint density at radius 2 is 1.60 bits per heavy atom. The van der Waals surface area contributed by atoms with Crippen molar-refractivity contribution in [1.82, 2.24) is 5.32 Å². The van der Waals surface area contributed by atoms with Gasteiger partial charge in [0.2, 0.25) is 0 Å². The minimum Gasteiger partial charge on any atom is -0.481 e. The van der Waals surface area contributed by atoms with Crippen LogP contribution in [-0.4, -0.2) is 23.2 Å². The molecule has 6 unspecified atom stereocenters. The van der Waals surface area contributed by atoms with Gasteiger partial charge in [0, 0.05) is 12.1 Å². The van der Waals surface area contributed by atoms with E-state index in [0.717, 1.165) is 24.7 Å². The zero-order chi connectivity index (χ0) is 13.7. The molecule has 4 rings (SSSR count). The standard InChI is InChI=1S/C17H27NO2/c19-17(20)15-12-6-7-13(8-12)16(15)18-14-3-1-2-11(9-14)10-4-5-10/h10-16,18H,1-9H2,(H,19,20). The number of rotatable bonds is 4. The molecular formula is C17H27NO2. The number of fused-ring (bicyclic) bond motifs is 2. The second-order valence-corrected chi connectivity index (χ2v) is 7.85. The van der Waals surface area contributed by atoms with E-state index in [4.69, 9.17) is 0 Å². The Balaban J connectivity index is 1.41. The molecule has 0 spiro atoms. The van der Waals surface area contributed by atoms with Crippen molar-refractivity contribution in [1.29, 1.82) is 0 Å². The third-order valence-electron chi connectivity index (χ3n) is 6.63. The van der Waals surface area contributed by atoms with Crippen LogP contribution in [0.1, 0.15) is 57.8 Å². The molecule has 3 heteroatoms. The maximum atomic E-state index is 11.6. The highest BCUT2D eigenvalue weighted by Gasteiger charge is 2.51. The van der Waals surface area contributed by atoms with Crippen molar-refractivity contribution in [2.75, 3.05) is 0 Å². The monoisotopic (exact) mass is 277 g/mol. The van der Waals surface area contributed by atoms with E-state index in [1.165, 1.54) is 44.9 Å². The lowest BCUT2D eigenvalue weighted by Crippen LogP contribution is -2.49. The van der Waals surface area contributed by atoms with Crippen molar-refractivity contribution in [2.45, 2.75) is 69.9 Å². The van der Waals surface area contributed by atoms with Gasteiger partial charge >= 0.3 is 5.97 Å². The summed E-state index contributed by atoms with van der Waals surface area (Å²) in [4.78, 5) is 11.6. The van der Waals surface area contributed by atoms with E-state index >= 15 is 0 Å². The zero-order valence-electron chi connectivity index (χ0n) is 12.3. The summed E-state index contributed by atoms with van der Waals surface area (Å²) >= 11 is 0. The number of hydrogen-bond acceptors (Lipinski definition) is 2. The molecule has 0 aromatic carbocycles. The third kappa shape index (κ3) is 2.28. The van der Waals surface area contributed by atoms with E-state index in [1.807, 2.05) is 0 Å². The molecule has 0 radical (unpaired) electrons. The molecule has 4 aliphatic rings. The lowest BCUT2D eigenvalue weighted by atomic mass is 9.80. The van der Waals surface area contributed by atoms with Crippen LogP contribution in [0.5, 0.6) is 0 Å². The number of aliphatic carboxylic acids is 1. The first-order chi connectivity index (χ1) is 9.72. The molecule has 0 amide bonds. The SMILES string of the molecule is O=C(O)C1C2CCC(C2)C1NC1CCCC(C2CC2)C1. The Morgan fingerprint density at radius 1 is 0.850 bits per heavy atom. The lowest BCUT2D eigenvalue weighted by molar-refractivity contribution is -0.144. The van der Waals surface area contributed by atoms with Gasteiger partial charge in [-0.2, -0.15) is 0 Å². The topological polar surface area (TPSA) is 49.3 Å². The fraction of sp³-hybridized carbons (Fsp3) is 0.941. The van der Waals surface area contributed by atoms with Crippen LogP contribution < -0.4 is 5.32 Å². The second-order valence-electron chi connectivity index (χ2n) is 7.85. The first-order valence-corrected chi connectivity index (χ1v) is 8.71. The van der Waals surface area contributed by atoms with Crippen molar-refractivity contribution in [3.8, 4) is 0 Å². The molecule has 3 nitrogen and oxygen atoms in total. The summed E-state index contributed by atoms with van der Waals surface area (Å²) in [7, 11) is 0. The zero-order valence-corrected chi connectivity index (χ0v) is 12.3. The Bertz CT molecular complexity index is 392. The van der Waals surface area contributed by atoms with Gasteiger partial charge in [-0.15, -0.1) is 0 Å². The summed E-state index contributed by atoms with van der Waals surface area (Å²) in [6.07, 6.45) is 11.8. The van der Waals surface area contributed by atoms with Gasteiger partial charge in [0.05, 0.1) is 5.92 Å². The molecule has 4 saturated carbocycles. The van der Waals surface area contributed by atoms with E-state index in [0.29, 0.717) is 17.9 Å². The average Bonchev–Trinajstić information content (AvgIpc) is 3.10. The van der Waals surface area contributed by atoms with Crippen LogP contribution in [0.15, 0.2) is 0 Å². The van der Waals surface area contributed by atoms with Crippen molar-refractivity contribution in [2.24, 2.45) is 29.6 Å². The Morgan fingerprint density at radius 3 is 2.35 bits per heavy atom. The van der Waals surface area contributed by atoms with Crippen LogP contribution in [0.25, 0.3) is 0 Å². The normalized spacial score (nSPS) is 47.6. The van der Waals surface area contributed by atoms with Crippen molar-refractivity contribution < 1.29 is 9.90 Å². The van der Waals surface area contributed by atoms with E-state index in [2.05, 4.69) is 5.32 Å². The average molecular weight is 277 g/mol. The molecule has 4 fully saturated rings. The lowest BCUT2D eigenvalue weighted by Gasteiger charge is -2.36. The van der Waals surface area contributed by atoms with Gasteiger partial charge in [0.1, 0.15) is 0 Å². The minimum absolute atomic E-state index is 0.102. The number of carboxylic acid groups (broad SMARTS) is 1. The predicted molar refractivity (Wildman–Crippen MR) is 77.4 cm³/mol. The maximum Gasteiger partial charge on any atom is 0.308 e. The van der Waals surface area contributed by atoms with Gasteiger partial charge in [-0.3, -0.25) is 4.79 Å². The largest absolute Gasteiger partial charge is 0.481 e. The highest BCUT2D eigenvalue weighted by molar-refractivity contribution is 5.72. The van der Waals surface area contributed by atoms with Crippen LogP contribution in [0.3, 0.4) is 0 Å². The Hall–Kier alpha value is -0.570. The van der Waals surface area contributed by atoms with E-state index in [9.17, 15) is 9.90 Å². The summed E-state index contributed by atoms with van der Waals surface area (Å²) in [5, 5.41) is 13.4. The molecule has 20 heavy (non-hydrogen) atoms. The number of hydrogen-bond donors (Lipinski definition) is 2. The molecule has 0 heterocycles. The Labute approximate surface area is 121 Å². The molecule has 112 valence electrons. The summed E-state index contributed by atoms with van der Waals surface area (Å²) in [5.41, 5.74) is 0. The van der Waals surface area contributed by atoms with Gasteiger partial charge in [-0.1, -0.05) is 12.8 Å². The van der Waals surface area contributed by atoms with Crippen LogP contribution in [-0.2, 0) is 4.79 Å². The molecule has 0 aliphatic heterocycles. The number of carbonyl (C=O) groups is 1. The molecule has 6 atom stereocenters. The van der Waals surface area contributed by atoms with Crippen LogP contribution >= 0.6 is 0 Å². The van der Waals surface area contributed by atoms with Crippen molar-refractivity contribution in [3.05, 3.63) is 0 Å². The van der Waals surface area contributed by atoms with Crippen LogP contribution in [0.4, 0.5) is 0 Å². The molecule has 4 aliphatic carbocycles. The number of nitrogens with one attached hydrogen (secondary N) is 1. The van der Waals surface area contributed by atoms with Crippen molar-refractivity contribution >= 4 is 5.97 Å². The Kier molecular flexibility index (Phi) is 3.29. The molecule has 0 saturated heterocycles. The summed E-state index contributed by atoms with van der Waals surface area (Å²) < 4.78 is 0. The summed E-state index contributed by atoms with van der Waals surface area (Å²) in [5.74, 6) is 2.39. The molecular weight excluding hydrogens is 250 g/mol. The first kappa shape index (κ1) is 13.1. The summed E-state index contributed by atoms with van der Waals surface area (Å²) in [6, 6.07) is 0.870. The number of carboxylic acids is 1. The van der Waals surface area contributed by atoms with Gasteiger partial charge < -0.3 is 10.4 Å². The summed E-state index contributed by atoms with van der Waals surface area (Å²) in [6.45, 7) is 0. The van der Waals surface area contributed by atoms with E-state index in [1.54, 1.807) is 0 Å². The van der Waals surface area contributed by atoms with Crippen LogP contribution in [0, 0.1) is 29.6 Å².